The molecule has 1 fully saturated rings. The highest BCUT2D eigenvalue weighted by molar-refractivity contribution is 8.00. The number of hydrogen-bond donors (Lipinski definition) is 3. The van der Waals surface area contributed by atoms with E-state index in [1.54, 1.807) is 25.3 Å². The van der Waals surface area contributed by atoms with E-state index in [1.165, 1.54) is 11.8 Å². The Morgan fingerprint density at radius 2 is 2.04 bits per heavy atom. The fraction of sp³-hybridized carbons (Fsp3) is 0.263. The maximum absolute atomic E-state index is 12.5. The van der Waals surface area contributed by atoms with Crippen molar-refractivity contribution >= 4 is 35.5 Å². The second-order valence-electron chi connectivity index (χ2n) is 6.39. The van der Waals surface area contributed by atoms with Crippen LogP contribution in [0.3, 0.4) is 0 Å². The normalized spacial score (nSPS) is 19.6. The number of nitrogen functional groups attached to an aromatic ring is 1. The van der Waals surface area contributed by atoms with E-state index < -0.39 is 29.2 Å². The number of urea groups is 1. The van der Waals surface area contributed by atoms with E-state index in [2.05, 4.69) is 10.3 Å². The first kappa shape index (κ1) is 19.7. The van der Waals surface area contributed by atoms with Crippen LogP contribution in [0.1, 0.15) is 24.1 Å². The number of hydrogen-bond acceptors (Lipinski definition) is 6. The van der Waals surface area contributed by atoms with Gasteiger partial charge < -0.3 is 16.2 Å². The largest absolute Gasteiger partial charge is 0.480 e. The van der Waals surface area contributed by atoms with Gasteiger partial charge in [0.25, 0.3) is 0 Å². The van der Waals surface area contributed by atoms with Gasteiger partial charge in [-0.2, -0.15) is 0 Å². The lowest BCUT2D eigenvalue weighted by atomic mass is 10.0. The van der Waals surface area contributed by atoms with Crippen molar-refractivity contribution < 1.29 is 19.5 Å². The highest BCUT2D eigenvalue weighted by atomic mass is 32.2. The lowest BCUT2D eigenvalue weighted by Gasteiger charge is -2.42. The zero-order valence-electron chi connectivity index (χ0n) is 15.1. The summed E-state index contributed by atoms with van der Waals surface area (Å²) in [5, 5.41) is 11.4. The van der Waals surface area contributed by atoms with Gasteiger partial charge in [-0.1, -0.05) is 30.3 Å². The molecule has 0 bridgehead atoms. The Morgan fingerprint density at radius 1 is 1.32 bits per heavy atom. The Labute approximate surface area is 166 Å². The molecule has 8 nitrogen and oxygen atoms in total. The third-order valence-electron chi connectivity index (χ3n) is 4.43. The number of amides is 3. The number of thioether (sulfide) groups is 1. The molecule has 1 aliphatic rings. The van der Waals surface area contributed by atoms with Gasteiger partial charge in [-0.25, -0.2) is 19.5 Å². The molecule has 0 aliphatic carbocycles. The summed E-state index contributed by atoms with van der Waals surface area (Å²) < 4.78 is 0. The molecule has 0 radical (unpaired) electrons. The van der Waals surface area contributed by atoms with E-state index in [0.717, 1.165) is 16.0 Å². The smallest absolute Gasteiger partial charge is 0.328 e. The number of benzene rings is 1. The molecule has 1 aromatic carbocycles. The van der Waals surface area contributed by atoms with Crippen molar-refractivity contribution in [2.24, 2.45) is 0 Å². The van der Waals surface area contributed by atoms with Crippen molar-refractivity contribution in [2.45, 2.75) is 30.0 Å². The van der Waals surface area contributed by atoms with E-state index >= 15 is 0 Å². The maximum Gasteiger partial charge on any atom is 0.328 e. The first-order chi connectivity index (χ1) is 13.4. The molecule has 1 aromatic heterocycles. The van der Waals surface area contributed by atoms with Crippen molar-refractivity contribution in [1.82, 2.24) is 15.2 Å². The zero-order valence-corrected chi connectivity index (χ0v) is 15.9. The van der Waals surface area contributed by atoms with Gasteiger partial charge in [0.1, 0.15) is 11.1 Å². The second kappa shape index (κ2) is 8.30. The standard InChI is InChI=1S/C19H20N4O4S/c1-11(13-5-3-2-4-6-13)22-19(27)23-15(18(25)26)16(17(23)24)28-10-12-7-8-21-14(20)9-12/h2-9,11,15-16H,10H2,1H3,(H2,20,21)(H,22,27)(H,25,26)/t11-,15?,16?/m1/s1. The molecule has 2 unspecified atom stereocenters. The number of anilines is 1. The minimum atomic E-state index is -1.21. The second-order valence-corrected chi connectivity index (χ2v) is 7.52. The molecule has 3 atom stereocenters. The van der Waals surface area contributed by atoms with Gasteiger partial charge in [-0.05, 0) is 30.2 Å². The topological polar surface area (TPSA) is 126 Å². The lowest BCUT2D eigenvalue weighted by Crippen LogP contribution is -2.70. The molecule has 1 saturated heterocycles. The number of nitrogens with zero attached hydrogens (tertiary/aromatic N) is 2. The Hall–Kier alpha value is -3.07. The number of carboxylic acid groups (broad SMARTS) is 1. The molecule has 146 valence electrons. The molecule has 9 heteroatoms. The van der Waals surface area contributed by atoms with Crippen LogP contribution in [-0.4, -0.2) is 44.2 Å². The zero-order chi connectivity index (χ0) is 20.3. The van der Waals surface area contributed by atoms with Gasteiger partial charge in [0.15, 0.2) is 6.04 Å². The summed E-state index contributed by atoms with van der Waals surface area (Å²) in [4.78, 5) is 41.3. The Morgan fingerprint density at radius 3 is 2.68 bits per heavy atom. The summed E-state index contributed by atoms with van der Waals surface area (Å²) in [6, 6.07) is 10.4. The van der Waals surface area contributed by atoms with Gasteiger partial charge in [-0.3, -0.25) is 4.79 Å². The van der Waals surface area contributed by atoms with Crippen LogP contribution >= 0.6 is 11.8 Å². The number of rotatable bonds is 6. The summed E-state index contributed by atoms with van der Waals surface area (Å²) in [7, 11) is 0. The molecule has 4 N–H and O–H groups in total. The molecule has 1 aliphatic heterocycles. The van der Waals surface area contributed by atoms with Gasteiger partial charge >= 0.3 is 12.0 Å². The minimum absolute atomic E-state index is 0.351. The average molecular weight is 400 g/mol. The predicted octanol–water partition coefficient (Wildman–Crippen LogP) is 2.03. The van der Waals surface area contributed by atoms with Gasteiger partial charge in [0, 0.05) is 11.9 Å². The van der Waals surface area contributed by atoms with Gasteiger partial charge in [-0.15, -0.1) is 11.8 Å². The van der Waals surface area contributed by atoms with E-state index in [1.807, 2.05) is 30.3 Å². The molecule has 28 heavy (non-hydrogen) atoms. The number of pyridine rings is 1. The maximum atomic E-state index is 12.5. The van der Waals surface area contributed by atoms with Crippen molar-refractivity contribution in [3.63, 3.8) is 0 Å². The quantitative estimate of drug-likeness (QED) is 0.634. The van der Waals surface area contributed by atoms with Crippen LogP contribution < -0.4 is 11.1 Å². The number of nitrogens with one attached hydrogen (secondary N) is 1. The van der Waals surface area contributed by atoms with Gasteiger partial charge in [0.05, 0.1) is 6.04 Å². The number of carbonyl (C=O) groups excluding carboxylic acids is 2. The van der Waals surface area contributed by atoms with E-state index in [0.29, 0.717) is 11.6 Å². The van der Waals surface area contributed by atoms with Crippen LogP contribution in [0.4, 0.5) is 10.6 Å². The predicted molar refractivity (Wildman–Crippen MR) is 105 cm³/mol. The number of carboxylic acids is 1. The van der Waals surface area contributed by atoms with Crippen molar-refractivity contribution in [3.05, 3.63) is 59.8 Å². The first-order valence-corrected chi connectivity index (χ1v) is 9.66. The molecule has 3 rings (SSSR count). The highest BCUT2D eigenvalue weighted by Gasteiger charge is 2.55. The van der Waals surface area contributed by atoms with E-state index in [9.17, 15) is 19.5 Å². The monoisotopic (exact) mass is 400 g/mol. The van der Waals surface area contributed by atoms with Crippen LogP contribution in [0.5, 0.6) is 0 Å². The number of aromatic nitrogens is 1. The summed E-state index contributed by atoms with van der Waals surface area (Å²) in [5.74, 6) is -0.988. The molecular weight excluding hydrogens is 380 g/mol. The average Bonchev–Trinajstić information content (AvgIpc) is 2.66. The van der Waals surface area contributed by atoms with Crippen LogP contribution in [0, 0.1) is 0 Å². The fourth-order valence-electron chi connectivity index (χ4n) is 2.94. The molecule has 3 amide bonds. The molecule has 0 spiro atoms. The third-order valence-corrected chi connectivity index (χ3v) is 5.75. The SMILES string of the molecule is C[C@@H](NC(=O)N1C(=O)C(SCc2ccnc(N)c2)C1C(=O)O)c1ccccc1. The molecule has 0 saturated carbocycles. The Kier molecular flexibility index (Phi) is 5.84. The molecule has 2 heterocycles. The Balaban J connectivity index is 1.64. The number of β-lactam (4-membered cyclic amide) rings is 1. The van der Waals surface area contributed by atoms with Crippen LogP contribution in [0.25, 0.3) is 0 Å². The van der Waals surface area contributed by atoms with Crippen LogP contribution in [0.15, 0.2) is 48.7 Å². The van der Waals surface area contributed by atoms with E-state index in [4.69, 9.17) is 5.73 Å². The number of likely N-dealkylation sites (tertiary alicyclic amines) is 1. The minimum Gasteiger partial charge on any atom is -0.480 e. The van der Waals surface area contributed by atoms with Crippen molar-refractivity contribution in [3.8, 4) is 0 Å². The van der Waals surface area contributed by atoms with Crippen molar-refractivity contribution in [1.29, 1.82) is 0 Å². The summed E-state index contributed by atoms with van der Waals surface area (Å²) >= 11 is 1.17. The fourth-order valence-corrected chi connectivity index (χ4v) is 4.17. The number of imide groups is 1. The van der Waals surface area contributed by atoms with Gasteiger partial charge in [0.2, 0.25) is 5.91 Å². The highest BCUT2D eigenvalue weighted by Crippen LogP contribution is 2.34. The number of carbonyl (C=O) groups is 3. The summed E-state index contributed by atoms with van der Waals surface area (Å²) in [5.41, 5.74) is 7.31. The van der Waals surface area contributed by atoms with Crippen LogP contribution in [0.2, 0.25) is 0 Å². The number of nitrogens with two attached hydrogens (primary N) is 1. The van der Waals surface area contributed by atoms with Crippen molar-refractivity contribution in [2.75, 3.05) is 5.73 Å². The third kappa shape index (κ3) is 4.09. The lowest BCUT2D eigenvalue weighted by molar-refractivity contribution is -0.156. The summed E-state index contributed by atoms with van der Waals surface area (Å²) in [6.07, 6.45) is 1.55. The van der Waals surface area contributed by atoms with Crippen LogP contribution in [-0.2, 0) is 15.3 Å². The molecule has 2 aromatic rings. The summed E-state index contributed by atoms with van der Waals surface area (Å²) in [6.45, 7) is 1.77. The Bertz CT molecular complexity index is 893. The molecular formula is C19H20N4O4S. The first-order valence-electron chi connectivity index (χ1n) is 8.62. The number of aliphatic carboxylic acids is 1. The van der Waals surface area contributed by atoms with E-state index in [-0.39, 0.29) is 6.04 Å².